The van der Waals surface area contributed by atoms with E-state index >= 15 is 0 Å². The third-order valence-electron chi connectivity index (χ3n) is 4.02. The van der Waals surface area contributed by atoms with Gasteiger partial charge in [-0.2, -0.15) is 0 Å². The summed E-state index contributed by atoms with van der Waals surface area (Å²) in [4.78, 5) is 14.3. The van der Waals surface area contributed by atoms with Gasteiger partial charge in [0.15, 0.2) is 0 Å². The molecule has 0 bridgehead atoms. The van der Waals surface area contributed by atoms with E-state index in [2.05, 4.69) is 29.4 Å². The van der Waals surface area contributed by atoms with Gasteiger partial charge in [0.25, 0.3) is 0 Å². The van der Waals surface area contributed by atoms with Crippen LogP contribution in [0.5, 0.6) is 0 Å². The lowest BCUT2D eigenvalue weighted by Gasteiger charge is -2.23. The highest BCUT2D eigenvalue weighted by Crippen LogP contribution is 2.27. The molecular weight excluding hydrogens is 250 g/mol. The molecule has 0 saturated heterocycles. The lowest BCUT2D eigenvalue weighted by molar-refractivity contribution is -0.126. The minimum atomic E-state index is -0.613. The van der Waals surface area contributed by atoms with Gasteiger partial charge in [-0.3, -0.25) is 4.79 Å². The quantitative estimate of drug-likeness (QED) is 0.827. The largest absolute Gasteiger partial charge is 0.353 e. The van der Waals surface area contributed by atoms with E-state index < -0.39 is 5.54 Å². The summed E-state index contributed by atoms with van der Waals surface area (Å²) in [5, 5.41) is 2.98. The van der Waals surface area contributed by atoms with Crippen molar-refractivity contribution in [3.63, 3.8) is 0 Å². The number of carbonyl (C=O) groups is 1. The van der Waals surface area contributed by atoms with Gasteiger partial charge in [0.2, 0.25) is 5.91 Å². The molecule has 1 aliphatic rings. The van der Waals surface area contributed by atoms with Crippen LogP contribution in [-0.4, -0.2) is 36.5 Å². The van der Waals surface area contributed by atoms with Gasteiger partial charge in [0, 0.05) is 19.6 Å². The number of amides is 1. The molecule has 1 aromatic rings. The average molecular weight is 275 g/mol. The molecule has 0 spiro atoms. The molecule has 1 aliphatic carbocycles. The fraction of sp³-hybridized carbons (Fsp3) is 0.562. The number of carbonyl (C=O) groups excluding carboxylic acids is 1. The van der Waals surface area contributed by atoms with Crippen molar-refractivity contribution in [3.8, 4) is 0 Å². The Bertz CT molecular complexity index is 427. The van der Waals surface area contributed by atoms with E-state index in [-0.39, 0.29) is 5.91 Å². The standard InChI is InChI=1S/C16H25N3O/c1-19(13-14-7-3-2-4-8-14)12-11-18-15(20)16(17)9-5-6-10-16/h2-4,7-8H,5-6,9-13,17H2,1H3,(H,18,20). The van der Waals surface area contributed by atoms with Crippen molar-refractivity contribution in [2.75, 3.05) is 20.1 Å². The number of nitrogens with one attached hydrogen (secondary N) is 1. The van der Waals surface area contributed by atoms with Gasteiger partial charge in [-0.1, -0.05) is 43.2 Å². The van der Waals surface area contributed by atoms with Gasteiger partial charge in [0.05, 0.1) is 5.54 Å². The van der Waals surface area contributed by atoms with Gasteiger partial charge < -0.3 is 16.0 Å². The topological polar surface area (TPSA) is 58.4 Å². The van der Waals surface area contributed by atoms with Crippen LogP contribution in [0.15, 0.2) is 30.3 Å². The number of nitrogens with two attached hydrogens (primary N) is 1. The van der Waals surface area contributed by atoms with E-state index in [1.807, 2.05) is 18.2 Å². The number of nitrogens with zero attached hydrogens (tertiary/aromatic N) is 1. The summed E-state index contributed by atoms with van der Waals surface area (Å²) in [6.07, 6.45) is 3.77. The molecule has 4 nitrogen and oxygen atoms in total. The molecule has 0 radical (unpaired) electrons. The zero-order valence-electron chi connectivity index (χ0n) is 12.3. The van der Waals surface area contributed by atoms with E-state index in [0.29, 0.717) is 6.54 Å². The highest BCUT2D eigenvalue weighted by Gasteiger charge is 2.36. The Hall–Kier alpha value is -1.39. The molecular formula is C16H25N3O. The number of rotatable bonds is 6. The molecule has 110 valence electrons. The summed E-state index contributed by atoms with van der Waals surface area (Å²) < 4.78 is 0. The van der Waals surface area contributed by atoms with E-state index in [9.17, 15) is 4.79 Å². The number of benzene rings is 1. The Morgan fingerprint density at radius 1 is 1.30 bits per heavy atom. The SMILES string of the molecule is CN(CCNC(=O)C1(N)CCCC1)Cc1ccccc1. The van der Waals surface area contributed by atoms with Crippen LogP contribution in [0.2, 0.25) is 0 Å². The maximum atomic E-state index is 12.1. The predicted molar refractivity (Wildman–Crippen MR) is 81.2 cm³/mol. The van der Waals surface area contributed by atoms with Crippen molar-refractivity contribution in [1.29, 1.82) is 0 Å². The van der Waals surface area contributed by atoms with E-state index in [1.165, 1.54) is 5.56 Å². The molecule has 0 aliphatic heterocycles. The molecule has 1 saturated carbocycles. The monoisotopic (exact) mass is 275 g/mol. The summed E-state index contributed by atoms with van der Waals surface area (Å²) in [6.45, 7) is 2.38. The van der Waals surface area contributed by atoms with Crippen LogP contribution in [-0.2, 0) is 11.3 Å². The smallest absolute Gasteiger partial charge is 0.240 e. The second kappa shape index (κ2) is 6.86. The third kappa shape index (κ3) is 4.05. The summed E-state index contributed by atoms with van der Waals surface area (Å²) in [5.41, 5.74) is 6.79. The van der Waals surface area contributed by atoms with Crippen molar-refractivity contribution < 1.29 is 4.79 Å². The molecule has 1 fully saturated rings. The number of hydrogen-bond acceptors (Lipinski definition) is 3. The first-order valence-corrected chi connectivity index (χ1v) is 7.40. The van der Waals surface area contributed by atoms with Crippen LogP contribution in [0.4, 0.5) is 0 Å². The van der Waals surface area contributed by atoms with Gasteiger partial charge in [0.1, 0.15) is 0 Å². The zero-order chi connectivity index (χ0) is 14.4. The summed E-state index contributed by atoms with van der Waals surface area (Å²) in [7, 11) is 2.06. The van der Waals surface area contributed by atoms with Crippen molar-refractivity contribution in [2.24, 2.45) is 5.73 Å². The number of likely N-dealkylation sites (N-methyl/N-ethyl adjacent to an activating group) is 1. The lowest BCUT2D eigenvalue weighted by atomic mass is 9.98. The molecule has 1 amide bonds. The molecule has 3 N–H and O–H groups in total. The van der Waals surface area contributed by atoms with Crippen LogP contribution in [0.1, 0.15) is 31.2 Å². The molecule has 1 aromatic carbocycles. The molecule has 4 heteroatoms. The fourth-order valence-corrected chi connectivity index (χ4v) is 2.74. The summed E-state index contributed by atoms with van der Waals surface area (Å²) in [6, 6.07) is 10.3. The Labute approximate surface area is 121 Å². The predicted octanol–water partition coefficient (Wildman–Crippen LogP) is 1.51. The van der Waals surface area contributed by atoms with Gasteiger partial charge >= 0.3 is 0 Å². The molecule has 0 unspecified atom stereocenters. The second-order valence-electron chi connectivity index (χ2n) is 5.84. The highest BCUT2D eigenvalue weighted by atomic mass is 16.2. The van der Waals surface area contributed by atoms with Crippen molar-refractivity contribution >= 4 is 5.91 Å². The minimum Gasteiger partial charge on any atom is -0.353 e. The van der Waals surface area contributed by atoms with Crippen LogP contribution < -0.4 is 11.1 Å². The Morgan fingerprint density at radius 2 is 1.95 bits per heavy atom. The van der Waals surface area contributed by atoms with E-state index in [1.54, 1.807) is 0 Å². The van der Waals surface area contributed by atoms with Crippen LogP contribution in [0.3, 0.4) is 0 Å². The number of hydrogen-bond donors (Lipinski definition) is 2. The summed E-state index contributed by atoms with van der Waals surface area (Å²) >= 11 is 0. The maximum absolute atomic E-state index is 12.1. The lowest BCUT2D eigenvalue weighted by Crippen LogP contribution is -2.52. The van der Waals surface area contributed by atoms with Crippen molar-refractivity contribution in [1.82, 2.24) is 10.2 Å². The second-order valence-corrected chi connectivity index (χ2v) is 5.84. The maximum Gasteiger partial charge on any atom is 0.240 e. The molecule has 0 aromatic heterocycles. The van der Waals surface area contributed by atoms with Gasteiger partial charge in [-0.25, -0.2) is 0 Å². The first-order valence-electron chi connectivity index (χ1n) is 7.40. The minimum absolute atomic E-state index is 0.0168. The first kappa shape index (κ1) is 15.0. The Morgan fingerprint density at radius 3 is 2.60 bits per heavy atom. The summed E-state index contributed by atoms with van der Waals surface area (Å²) in [5.74, 6) is 0.0168. The molecule has 0 atom stereocenters. The van der Waals surface area contributed by atoms with E-state index in [0.717, 1.165) is 38.8 Å². The Balaban J connectivity index is 1.69. The van der Waals surface area contributed by atoms with Gasteiger partial charge in [-0.15, -0.1) is 0 Å². The molecule has 0 heterocycles. The van der Waals surface area contributed by atoms with Crippen molar-refractivity contribution in [2.45, 2.75) is 37.8 Å². The van der Waals surface area contributed by atoms with Gasteiger partial charge in [-0.05, 0) is 25.5 Å². The molecule has 2 rings (SSSR count). The van der Waals surface area contributed by atoms with Crippen molar-refractivity contribution in [3.05, 3.63) is 35.9 Å². The normalized spacial score (nSPS) is 17.4. The van der Waals surface area contributed by atoms with Crippen LogP contribution in [0, 0.1) is 0 Å². The van der Waals surface area contributed by atoms with Crippen LogP contribution >= 0.6 is 0 Å². The average Bonchev–Trinajstić information content (AvgIpc) is 2.88. The third-order valence-corrected chi connectivity index (χ3v) is 4.02. The fourth-order valence-electron chi connectivity index (χ4n) is 2.74. The highest BCUT2D eigenvalue weighted by molar-refractivity contribution is 5.86. The molecule has 20 heavy (non-hydrogen) atoms. The Kier molecular flexibility index (Phi) is 5.15. The zero-order valence-corrected chi connectivity index (χ0v) is 12.3. The first-order chi connectivity index (χ1) is 9.60. The van der Waals surface area contributed by atoms with E-state index in [4.69, 9.17) is 5.73 Å². The van der Waals surface area contributed by atoms with Crippen LogP contribution in [0.25, 0.3) is 0 Å².